The third kappa shape index (κ3) is 4.60. The van der Waals surface area contributed by atoms with E-state index in [2.05, 4.69) is 74.0 Å². The smallest absolute Gasteiger partial charge is 0.0683 e. The quantitative estimate of drug-likeness (QED) is 0.756. The highest BCUT2D eigenvalue weighted by Gasteiger charge is 2.26. The zero-order chi connectivity index (χ0) is 14.6. The molecule has 1 nitrogen and oxygen atoms in total. The second-order valence-electron chi connectivity index (χ2n) is 7.23. The number of hydrogen-bond donors (Lipinski definition) is 1. The highest BCUT2D eigenvalue weighted by atomic mass is 28.3. The summed E-state index contributed by atoms with van der Waals surface area (Å²) in [6.45, 7) is 9.52. The fourth-order valence-corrected chi connectivity index (χ4v) is 3.82. The number of nitrogens with one attached hydrogen (secondary N) is 1. The summed E-state index contributed by atoms with van der Waals surface area (Å²) < 4.78 is 0. The van der Waals surface area contributed by atoms with Crippen molar-refractivity contribution in [3.05, 3.63) is 47.7 Å². The molecule has 1 aliphatic rings. The molecule has 1 saturated carbocycles. The minimum absolute atomic E-state index is 0.446. The van der Waals surface area contributed by atoms with Gasteiger partial charge in [-0.05, 0) is 31.2 Å². The summed E-state index contributed by atoms with van der Waals surface area (Å²) in [6.07, 6.45) is 6.53. The maximum atomic E-state index is 3.85. The average Bonchev–Trinajstić information content (AvgIpc) is 2.84. The van der Waals surface area contributed by atoms with Gasteiger partial charge < -0.3 is 5.32 Å². The Balaban J connectivity index is 1.96. The summed E-state index contributed by atoms with van der Waals surface area (Å²) in [4.78, 5) is 0. The van der Waals surface area contributed by atoms with Crippen LogP contribution in [0.15, 0.2) is 42.1 Å². The van der Waals surface area contributed by atoms with Crippen LogP contribution < -0.4 is 5.32 Å². The van der Waals surface area contributed by atoms with Gasteiger partial charge in [0, 0.05) is 12.1 Å². The van der Waals surface area contributed by atoms with Crippen LogP contribution in [0.4, 0.5) is 0 Å². The van der Waals surface area contributed by atoms with Crippen molar-refractivity contribution < 1.29 is 0 Å². The largest absolute Gasteiger partial charge is 0.307 e. The van der Waals surface area contributed by atoms with E-state index < -0.39 is 8.07 Å². The second kappa shape index (κ2) is 6.73. The Morgan fingerprint density at radius 3 is 2.50 bits per heavy atom. The van der Waals surface area contributed by atoms with Crippen LogP contribution >= 0.6 is 0 Å². The summed E-state index contributed by atoms with van der Waals surface area (Å²) >= 11 is 0. The van der Waals surface area contributed by atoms with Crippen molar-refractivity contribution in [1.82, 2.24) is 5.32 Å². The highest BCUT2D eigenvalue weighted by Crippen LogP contribution is 2.29. The van der Waals surface area contributed by atoms with Crippen molar-refractivity contribution in [3.8, 4) is 0 Å². The third-order valence-corrected chi connectivity index (χ3v) is 5.37. The van der Waals surface area contributed by atoms with Gasteiger partial charge in [-0.25, -0.2) is 0 Å². The van der Waals surface area contributed by atoms with E-state index in [0.29, 0.717) is 12.1 Å². The molecule has 0 heterocycles. The molecule has 0 radical (unpaired) electrons. The molecule has 0 bridgehead atoms. The summed E-state index contributed by atoms with van der Waals surface area (Å²) in [7, 11) is -1.07. The SMILES string of the molecule is C[C@@H](NC1CCCC1C=C[Si](C)(C)C)c1ccccc1. The molecule has 0 aromatic heterocycles. The normalized spacial score (nSPS) is 25.2. The van der Waals surface area contributed by atoms with Gasteiger partial charge in [0.15, 0.2) is 0 Å². The molecule has 0 amide bonds. The third-order valence-electron chi connectivity index (χ3n) is 4.18. The number of rotatable bonds is 5. The molecular weight excluding hydrogens is 258 g/mol. The van der Waals surface area contributed by atoms with Crippen LogP contribution in [0.1, 0.15) is 37.8 Å². The van der Waals surface area contributed by atoms with E-state index in [9.17, 15) is 0 Å². The Hall–Kier alpha value is -0.863. The van der Waals surface area contributed by atoms with E-state index in [1.807, 2.05) is 0 Å². The lowest BCUT2D eigenvalue weighted by molar-refractivity contribution is 0.412. The monoisotopic (exact) mass is 287 g/mol. The van der Waals surface area contributed by atoms with Gasteiger partial charge in [-0.2, -0.15) is 0 Å². The lowest BCUT2D eigenvalue weighted by atomic mass is 10.0. The van der Waals surface area contributed by atoms with Gasteiger partial charge in [-0.1, -0.05) is 68.2 Å². The minimum Gasteiger partial charge on any atom is -0.307 e. The zero-order valence-electron chi connectivity index (χ0n) is 13.4. The molecule has 2 rings (SSSR count). The first-order valence-electron chi connectivity index (χ1n) is 7.96. The fourth-order valence-electron chi connectivity index (χ4n) is 3.00. The summed E-state index contributed by atoms with van der Waals surface area (Å²) in [5.41, 5.74) is 3.91. The lowest BCUT2D eigenvalue weighted by Gasteiger charge is -2.24. The van der Waals surface area contributed by atoms with Crippen LogP contribution in [0.2, 0.25) is 19.6 Å². The molecule has 0 spiro atoms. The van der Waals surface area contributed by atoms with Crippen LogP contribution in [0, 0.1) is 5.92 Å². The van der Waals surface area contributed by atoms with Crippen molar-refractivity contribution in [2.45, 2.75) is 57.9 Å². The summed E-state index contributed by atoms with van der Waals surface area (Å²) in [5, 5.41) is 3.85. The maximum Gasteiger partial charge on any atom is 0.0683 e. The molecule has 0 saturated heterocycles. The first-order chi connectivity index (χ1) is 9.46. The van der Waals surface area contributed by atoms with E-state index in [0.717, 1.165) is 5.92 Å². The first-order valence-corrected chi connectivity index (χ1v) is 11.5. The van der Waals surface area contributed by atoms with Crippen molar-refractivity contribution >= 4 is 8.07 Å². The molecule has 3 atom stereocenters. The van der Waals surface area contributed by atoms with Gasteiger partial charge in [0.1, 0.15) is 0 Å². The van der Waals surface area contributed by atoms with Gasteiger partial charge in [0.05, 0.1) is 8.07 Å². The molecule has 0 aliphatic heterocycles. The zero-order valence-corrected chi connectivity index (χ0v) is 14.4. The molecule has 1 aromatic carbocycles. The Bertz CT molecular complexity index is 432. The highest BCUT2D eigenvalue weighted by molar-refractivity contribution is 6.80. The Kier molecular flexibility index (Phi) is 5.22. The standard InChI is InChI=1S/C18H29NSi/c1-15(16-9-6-5-7-10-16)19-18-12-8-11-17(18)13-14-20(2,3)4/h5-7,9-10,13-15,17-19H,8,11-12H2,1-4H3/t15-,17?,18?/m1/s1. The predicted octanol–water partition coefficient (Wildman–Crippen LogP) is 4.94. The molecule has 2 heteroatoms. The van der Waals surface area contributed by atoms with E-state index in [1.54, 1.807) is 0 Å². The van der Waals surface area contributed by atoms with E-state index in [-0.39, 0.29) is 0 Å². The second-order valence-corrected chi connectivity index (χ2v) is 12.3. The van der Waals surface area contributed by atoms with Crippen LogP contribution in [0.25, 0.3) is 0 Å². The van der Waals surface area contributed by atoms with Crippen LogP contribution in [0.3, 0.4) is 0 Å². The number of benzene rings is 1. The maximum absolute atomic E-state index is 3.85. The number of hydrogen-bond acceptors (Lipinski definition) is 1. The molecule has 2 unspecified atom stereocenters. The summed E-state index contributed by atoms with van der Waals surface area (Å²) in [6, 6.07) is 11.9. The van der Waals surface area contributed by atoms with Gasteiger partial charge in [0.25, 0.3) is 0 Å². The van der Waals surface area contributed by atoms with Crippen molar-refractivity contribution in [1.29, 1.82) is 0 Å². The first kappa shape index (κ1) is 15.5. The Morgan fingerprint density at radius 1 is 1.15 bits per heavy atom. The van der Waals surface area contributed by atoms with Gasteiger partial charge in [0.2, 0.25) is 0 Å². The van der Waals surface area contributed by atoms with Crippen LogP contribution in [-0.4, -0.2) is 14.1 Å². The fraction of sp³-hybridized carbons (Fsp3) is 0.556. The molecule has 1 N–H and O–H groups in total. The average molecular weight is 288 g/mol. The van der Waals surface area contributed by atoms with Crippen LogP contribution in [-0.2, 0) is 0 Å². The molecule has 1 fully saturated rings. The van der Waals surface area contributed by atoms with Crippen molar-refractivity contribution in [2.24, 2.45) is 5.92 Å². The van der Waals surface area contributed by atoms with E-state index in [1.165, 1.54) is 24.8 Å². The minimum atomic E-state index is -1.07. The van der Waals surface area contributed by atoms with Gasteiger partial charge in [-0.3, -0.25) is 0 Å². The lowest BCUT2D eigenvalue weighted by Crippen LogP contribution is -2.34. The molecular formula is C18H29NSi. The molecule has 20 heavy (non-hydrogen) atoms. The summed E-state index contributed by atoms with van der Waals surface area (Å²) in [5.74, 6) is 0.730. The van der Waals surface area contributed by atoms with E-state index in [4.69, 9.17) is 0 Å². The molecule has 1 aromatic rings. The Labute approximate surface area is 125 Å². The molecule has 1 aliphatic carbocycles. The van der Waals surface area contributed by atoms with Crippen molar-refractivity contribution in [3.63, 3.8) is 0 Å². The topological polar surface area (TPSA) is 12.0 Å². The molecule has 110 valence electrons. The van der Waals surface area contributed by atoms with Gasteiger partial charge >= 0.3 is 0 Å². The van der Waals surface area contributed by atoms with E-state index >= 15 is 0 Å². The van der Waals surface area contributed by atoms with Gasteiger partial charge in [-0.15, -0.1) is 0 Å². The van der Waals surface area contributed by atoms with Crippen LogP contribution in [0.5, 0.6) is 0 Å². The predicted molar refractivity (Wildman–Crippen MR) is 91.6 cm³/mol. The van der Waals surface area contributed by atoms with Crippen molar-refractivity contribution in [2.75, 3.05) is 0 Å². The Morgan fingerprint density at radius 2 is 1.85 bits per heavy atom.